The molecule has 1 atom stereocenters. The maximum atomic E-state index is 12.2. The van der Waals surface area contributed by atoms with Gasteiger partial charge in [0.25, 0.3) is 0 Å². The summed E-state index contributed by atoms with van der Waals surface area (Å²) in [6.07, 6.45) is 1.17. The number of carbonyl (C=O) groups is 2. The number of rotatable bonds is 7. The van der Waals surface area contributed by atoms with Crippen LogP contribution in [0.25, 0.3) is 0 Å². The largest absolute Gasteiger partial charge is 0.497 e. The second kappa shape index (κ2) is 9.46. The van der Waals surface area contributed by atoms with E-state index in [0.29, 0.717) is 31.1 Å². The van der Waals surface area contributed by atoms with E-state index in [1.165, 1.54) is 0 Å². The predicted molar refractivity (Wildman–Crippen MR) is 110 cm³/mol. The molecule has 1 saturated heterocycles. The van der Waals surface area contributed by atoms with E-state index < -0.39 is 0 Å². The van der Waals surface area contributed by atoms with Crippen molar-refractivity contribution < 1.29 is 14.3 Å². The van der Waals surface area contributed by atoms with Gasteiger partial charge in [-0.2, -0.15) is 0 Å². The number of ether oxygens (including phenoxy) is 1. The molecule has 1 aliphatic heterocycles. The number of nitrogens with zero attached hydrogens (tertiary/aromatic N) is 1. The molecular weight excluding hydrogens is 378 g/mol. The molecule has 0 aliphatic carbocycles. The number of hydrogen-bond donors (Lipinski definition) is 2. The first-order valence-corrected chi connectivity index (χ1v) is 9.63. The van der Waals surface area contributed by atoms with Crippen molar-refractivity contribution >= 4 is 29.2 Å². The Bertz CT molecular complexity index is 809. The molecule has 7 heteroatoms. The van der Waals surface area contributed by atoms with Crippen LogP contribution < -0.4 is 20.3 Å². The van der Waals surface area contributed by atoms with Crippen molar-refractivity contribution in [1.29, 1.82) is 0 Å². The molecule has 1 heterocycles. The van der Waals surface area contributed by atoms with Gasteiger partial charge in [-0.25, -0.2) is 4.79 Å². The van der Waals surface area contributed by atoms with Crippen LogP contribution in [0.3, 0.4) is 0 Å². The molecule has 2 aromatic carbocycles. The summed E-state index contributed by atoms with van der Waals surface area (Å²) in [5.74, 6) is 0.970. The minimum Gasteiger partial charge on any atom is -0.497 e. The van der Waals surface area contributed by atoms with Crippen LogP contribution in [0.2, 0.25) is 5.02 Å². The standard InChI is InChI=1S/C21H24ClN3O3/c1-28-19-8-2-15(3-9-19)10-11-23-21(27)24-13-16-12-20(26)25(14-16)18-6-4-17(22)5-7-18/h2-9,16H,10-14H2,1H3,(H2,23,24,27)/t16-/m1/s1. The number of halogens is 1. The van der Waals surface area contributed by atoms with Crippen LogP contribution in [0.4, 0.5) is 10.5 Å². The number of methoxy groups -OCH3 is 1. The fourth-order valence-electron chi connectivity index (χ4n) is 3.20. The number of urea groups is 1. The zero-order valence-corrected chi connectivity index (χ0v) is 16.5. The molecule has 0 unspecified atom stereocenters. The Balaban J connectivity index is 1.38. The van der Waals surface area contributed by atoms with Crippen molar-refractivity contribution in [3.05, 3.63) is 59.1 Å². The lowest BCUT2D eigenvalue weighted by atomic mass is 10.1. The molecule has 28 heavy (non-hydrogen) atoms. The average molecular weight is 402 g/mol. The molecule has 0 aromatic heterocycles. The molecule has 0 spiro atoms. The summed E-state index contributed by atoms with van der Waals surface area (Å²) < 4.78 is 5.13. The zero-order chi connectivity index (χ0) is 19.9. The van der Waals surface area contributed by atoms with E-state index in [0.717, 1.165) is 23.4 Å². The monoisotopic (exact) mass is 401 g/mol. The van der Waals surface area contributed by atoms with Gasteiger partial charge in [0.15, 0.2) is 0 Å². The Labute approximate surface area is 169 Å². The van der Waals surface area contributed by atoms with Crippen molar-refractivity contribution in [2.75, 3.05) is 31.6 Å². The van der Waals surface area contributed by atoms with E-state index in [4.69, 9.17) is 16.3 Å². The van der Waals surface area contributed by atoms with Crippen LogP contribution in [0.15, 0.2) is 48.5 Å². The van der Waals surface area contributed by atoms with Gasteiger partial charge in [0.1, 0.15) is 5.75 Å². The lowest BCUT2D eigenvalue weighted by Gasteiger charge is -2.17. The topological polar surface area (TPSA) is 70.7 Å². The predicted octanol–water partition coefficient (Wildman–Crippen LogP) is 3.24. The van der Waals surface area contributed by atoms with Crippen molar-refractivity contribution in [2.24, 2.45) is 5.92 Å². The second-order valence-corrected chi connectivity index (χ2v) is 7.22. The van der Waals surface area contributed by atoms with Gasteiger partial charge < -0.3 is 20.3 Å². The highest BCUT2D eigenvalue weighted by Gasteiger charge is 2.30. The molecule has 148 valence electrons. The van der Waals surface area contributed by atoms with Crippen molar-refractivity contribution in [3.63, 3.8) is 0 Å². The Hall–Kier alpha value is -2.73. The van der Waals surface area contributed by atoms with Gasteiger partial charge >= 0.3 is 6.03 Å². The van der Waals surface area contributed by atoms with Crippen LogP contribution in [0.1, 0.15) is 12.0 Å². The number of carbonyl (C=O) groups excluding carboxylic acids is 2. The van der Waals surface area contributed by atoms with Crippen LogP contribution in [0.5, 0.6) is 5.75 Å². The summed E-state index contributed by atoms with van der Waals surface area (Å²) in [6, 6.07) is 14.8. The Kier molecular flexibility index (Phi) is 6.76. The fourth-order valence-corrected chi connectivity index (χ4v) is 3.33. The van der Waals surface area contributed by atoms with E-state index in [1.54, 1.807) is 24.1 Å². The highest BCUT2D eigenvalue weighted by molar-refractivity contribution is 6.30. The molecule has 1 fully saturated rings. The summed E-state index contributed by atoms with van der Waals surface area (Å²) in [5.41, 5.74) is 1.96. The Morgan fingerprint density at radius 2 is 1.86 bits per heavy atom. The normalized spacial score (nSPS) is 16.1. The minimum atomic E-state index is -0.217. The van der Waals surface area contributed by atoms with Crippen LogP contribution >= 0.6 is 11.6 Å². The Morgan fingerprint density at radius 3 is 2.54 bits per heavy atom. The highest BCUT2D eigenvalue weighted by Crippen LogP contribution is 2.25. The SMILES string of the molecule is COc1ccc(CCNC(=O)NC[C@H]2CC(=O)N(c3ccc(Cl)cc3)C2)cc1. The molecule has 2 N–H and O–H groups in total. The van der Waals surface area contributed by atoms with Gasteiger partial charge in [0.2, 0.25) is 5.91 Å². The summed E-state index contributed by atoms with van der Waals surface area (Å²) in [6.45, 7) is 1.59. The molecule has 0 bridgehead atoms. The minimum absolute atomic E-state index is 0.0639. The van der Waals surface area contributed by atoms with E-state index in [-0.39, 0.29) is 17.9 Å². The van der Waals surface area contributed by atoms with Crippen LogP contribution in [-0.4, -0.2) is 38.7 Å². The van der Waals surface area contributed by atoms with Gasteiger partial charge in [-0.3, -0.25) is 4.79 Å². The van der Waals surface area contributed by atoms with Crippen LogP contribution in [0, 0.1) is 5.92 Å². The summed E-state index contributed by atoms with van der Waals surface area (Å²) in [7, 11) is 1.63. The third-order valence-electron chi connectivity index (χ3n) is 4.75. The summed E-state index contributed by atoms with van der Waals surface area (Å²) in [5, 5.41) is 6.35. The first kappa shape index (κ1) is 20.0. The van der Waals surface area contributed by atoms with Crippen molar-refractivity contribution in [2.45, 2.75) is 12.8 Å². The quantitative estimate of drug-likeness (QED) is 0.748. The first-order chi connectivity index (χ1) is 13.5. The summed E-state index contributed by atoms with van der Waals surface area (Å²) >= 11 is 5.90. The fraction of sp³-hybridized carbons (Fsp3) is 0.333. The van der Waals surface area contributed by atoms with Gasteiger partial charge in [0, 0.05) is 42.7 Å². The maximum Gasteiger partial charge on any atom is 0.314 e. The number of nitrogens with one attached hydrogen (secondary N) is 2. The second-order valence-electron chi connectivity index (χ2n) is 6.79. The smallest absolute Gasteiger partial charge is 0.314 e. The number of hydrogen-bond acceptors (Lipinski definition) is 3. The van der Waals surface area contributed by atoms with Crippen LogP contribution in [-0.2, 0) is 11.2 Å². The number of anilines is 1. The maximum absolute atomic E-state index is 12.2. The highest BCUT2D eigenvalue weighted by atomic mass is 35.5. The number of amides is 3. The van der Waals surface area contributed by atoms with E-state index >= 15 is 0 Å². The van der Waals surface area contributed by atoms with Crippen molar-refractivity contribution in [1.82, 2.24) is 10.6 Å². The summed E-state index contributed by atoms with van der Waals surface area (Å²) in [4.78, 5) is 26.0. The lowest BCUT2D eigenvalue weighted by Crippen LogP contribution is -2.39. The first-order valence-electron chi connectivity index (χ1n) is 9.25. The third kappa shape index (κ3) is 5.39. The van der Waals surface area contributed by atoms with E-state index in [1.807, 2.05) is 36.4 Å². The Morgan fingerprint density at radius 1 is 1.14 bits per heavy atom. The molecule has 1 aliphatic rings. The molecule has 6 nitrogen and oxygen atoms in total. The zero-order valence-electron chi connectivity index (χ0n) is 15.8. The molecule has 0 radical (unpaired) electrons. The molecule has 2 aromatic rings. The van der Waals surface area contributed by atoms with E-state index in [2.05, 4.69) is 10.6 Å². The van der Waals surface area contributed by atoms with Crippen molar-refractivity contribution in [3.8, 4) is 5.75 Å². The molecule has 3 rings (SSSR count). The van der Waals surface area contributed by atoms with Gasteiger partial charge in [0.05, 0.1) is 7.11 Å². The number of benzene rings is 2. The molecular formula is C21H24ClN3O3. The molecule has 3 amide bonds. The molecule has 0 saturated carbocycles. The van der Waals surface area contributed by atoms with Gasteiger partial charge in [-0.15, -0.1) is 0 Å². The average Bonchev–Trinajstić information content (AvgIpc) is 3.08. The van der Waals surface area contributed by atoms with Gasteiger partial charge in [-0.05, 0) is 48.4 Å². The third-order valence-corrected chi connectivity index (χ3v) is 5.00. The van der Waals surface area contributed by atoms with Gasteiger partial charge in [-0.1, -0.05) is 23.7 Å². The lowest BCUT2D eigenvalue weighted by molar-refractivity contribution is -0.117. The van der Waals surface area contributed by atoms with E-state index in [9.17, 15) is 9.59 Å².